The lowest BCUT2D eigenvalue weighted by atomic mass is 9.98. The molecule has 101 valence electrons. The van der Waals surface area contributed by atoms with E-state index in [2.05, 4.69) is 16.4 Å². The molecule has 3 rings (SSSR count). The zero-order valence-electron chi connectivity index (χ0n) is 11.1. The highest BCUT2D eigenvalue weighted by Crippen LogP contribution is 2.44. The van der Waals surface area contributed by atoms with Gasteiger partial charge in [-0.15, -0.1) is 0 Å². The number of amides is 1. The van der Waals surface area contributed by atoms with Crippen LogP contribution < -0.4 is 16.0 Å². The van der Waals surface area contributed by atoms with E-state index in [0.717, 1.165) is 16.9 Å². The van der Waals surface area contributed by atoms with Crippen molar-refractivity contribution in [1.82, 2.24) is 4.98 Å². The summed E-state index contributed by atoms with van der Waals surface area (Å²) in [6.07, 6.45) is 3.31. The number of carbonyl (C=O) groups excluding carboxylic acids is 1. The molecular formula is C15H15N4O. The number of pyridine rings is 1. The van der Waals surface area contributed by atoms with Gasteiger partial charge in [0.05, 0.1) is 11.4 Å². The molecule has 0 fully saturated rings. The van der Waals surface area contributed by atoms with Crippen molar-refractivity contribution < 1.29 is 4.79 Å². The second-order valence-electron chi connectivity index (χ2n) is 4.62. The summed E-state index contributed by atoms with van der Waals surface area (Å²) >= 11 is 0. The van der Waals surface area contributed by atoms with Gasteiger partial charge in [0.25, 0.3) is 5.91 Å². The molecule has 1 aromatic carbocycles. The van der Waals surface area contributed by atoms with Crippen LogP contribution in [0.25, 0.3) is 0 Å². The summed E-state index contributed by atoms with van der Waals surface area (Å²) < 4.78 is 0. The minimum Gasteiger partial charge on any atom is -0.366 e. The Hall–Kier alpha value is -2.56. The van der Waals surface area contributed by atoms with E-state index >= 15 is 0 Å². The number of nitrogens with one attached hydrogen (secondary N) is 1. The number of carbonyl (C=O) groups is 1. The Balaban J connectivity index is 2.21. The average molecular weight is 267 g/mol. The van der Waals surface area contributed by atoms with Gasteiger partial charge in [-0.05, 0) is 37.3 Å². The summed E-state index contributed by atoms with van der Waals surface area (Å²) in [6.45, 7) is 2.64. The Morgan fingerprint density at radius 2 is 2.20 bits per heavy atom. The molecule has 0 bridgehead atoms. The fourth-order valence-electron chi connectivity index (χ4n) is 2.77. The second kappa shape index (κ2) is 4.52. The topological polar surface area (TPSA) is 71.2 Å². The number of fused-ring (bicyclic) bond motifs is 1. The third kappa shape index (κ3) is 1.56. The molecule has 1 radical (unpaired) electrons. The van der Waals surface area contributed by atoms with Crippen molar-refractivity contribution in [2.75, 3.05) is 16.8 Å². The van der Waals surface area contributed by atoms with Gasteiger partial charge in [0.15, 0.2) is 0 Å². The first kappa shape index (κ1) is 12.5. The Bertz CT molecular complexity index is 643. The van der Waals surface area contributed by atoms with Gasteiger partial charge in [0, 0.05) is 24.5 Å². The normalized spacial score (nSPS) is 20.4. The largest absolute Gasteiger partial charge is 0.366 e. The van der Waals surface area contributed by atoms with Gasteiger partial charge < -0.3 is 16.0 Å². The van der Waals surface area contributed by atoms with Crippen LogP contribution in [0.4, 0.5) is 11.4 Å². The molecule has 1 unspecified atom stereocenters. The quantitative estimate of drug-likeness (QED) is 0.883. The van der Waals surface area contributed by atoms with Crippen molar-refractivity contribution in [3.05, 3.63) is 54.4 Å². The zero-order chi connectivity index (χ0) is 14.2. The number of hydrogen-bond donors (Lipinski definition) is 2. The van der Waals surface area contributed by atoms with Crippen molar-refractivity contribution in [1.29, 1.82) is 0 Å². The number of benzene rings is 1. The van der Waals surface area contributed by atoms with Gasteiger partial charge in [-0.2, -0.15) is 0 Å². The fraction of sp³-hybridized carbons (Fsp3) is 0.200. The monoisotopic (exact) mass is 267 g/mol. The maximum Gasteiger partial charge on any atom is 0.269 e. The minimum atomic E-state index is -1.07. The molecule has 2 heterocycles. The number of nitrogens with zero attached hydrogens (tertiary/aromatic N) is 2. The second-order valence-corrected chi connectivity index (χ2v) is 4.62. The predicted octanol–water partition coefficient (Wildman–Crippen LogP) is 1.47. The molecule has 5 heteroatoms. The van der Waals surface area contributed by atoms with Crippen molar-refractivity contribution in [3.63, 3.8) is 0 Å². The van der Waals surface area contributed by atoms with Crippen molar-refractivity contribution in [3.8, 4) is 0 Å². The van der Waals surface area contributed by atoms with E-state index in [0.29, 0.717) is 6.54 Å². The predicted molar refractivity (Wildman–Crippen MR) is 77.0 cm³/mol. The smallest absolute Gasteiger partial charge is 0.269 e. The summed E-state index contributed by atoms with van der Waals surface area (Å²) in [6, 6.07) is 12.2. The highest BCUT2D eigenvalue weighted by molar-refractivity contribution is 5.98. The van der Waals surface area contributed by atoms with E-state index in [4.69, 9.17) is 5.73 Å². The number of rotatable bonds is 3. The van der Waals surface area contributed by atoms with Gasteiger partial charge in [0.2, 0.25) is 5.66 Å². The molecule has 0 saturated carbocycles. The molecule has 0 spiro atoms. The Kier molecular flexibility index (Phi) is 2.82. The van der Waals surface area contributed by atoms with Crippen LogP contribution in [0.15, 0.2) is 42.7 Å². The first-order valence-electron chi connectivity index (χ1n) is 6.46. The summed E-state index contributed by atoms with van der Waals surface area (Å²) in [5.74, 6) is -0.443. The van der Waals surface area contributed by atoms with Gasteiger partial charge in [-0.3, -0.25) is 9.78 Å². The minimum absolute atomic E-state index is 0.443. The van der Waals surface area contributed by atoms with Gasteiger partial charge in [0.1, 0.15) is 0 Å². The molecule has 1 aliphatic rings. The summed E-state index contributed by atoms with van der Waals surface area (Å²) in [5.41, 5.74) is 7.24. The average Bonchev–Trinajstić information content (AvgIpc) is 2.83. The third-order valence-electron chi connectivity index (χ3n) is 3.62. The van der Waals surface area contributed by atoms with Crippen molar-refractivity contribution >= 4 is 17.3 Å². The van der Waals surface area contributed by atoms with E-state index in [1.807, 2.05) is 30.0 Å². The number of nitrogens with two attached hydrogens (primary N) is 1. The van der Waals surface area contributed by atoms with E-state index in [1.54, 1.807) is 24.5 Å². The van der Waals surface area contributed by atoms with Crippen molar-refractivity contribution in [2.24, 2.45) is 5.73 Å². The number of primary amides is 1. The van der Waals surface area contributed by atoms with E-state index in [9.17, 15) is 4.79 Å². The molecule has 1 aliphatic heterocycles. The van der Waals surface area contributed by atoms with E-state index in [-0.39, 0.29) is 0 Å². The maximum absolute atomic E-state index is 12.2. The Labute approximate surface area is 117 Å². The number of likely N-dealkylation sites (N-methyl/N-ethyl adjacent to an activating group) is 1. The standard InChI is InChI=1S/C15H15N4O/c1-2-19-13-6-4-3-5-12(13)18-15(19,14(16)20)11-7-9-17-10-8-11/h4-10,18H,2H2,1H3,(H2,16,20). The summed E-state index contributed by atoms with van der Waals surface area (Å²) in [7, 11) is 0. The Morgan fingerprint density at radius 3 is 2.85 bits per heavy atom. The van der Waals surface area contributed by atoms with Crippen LogP contribution in [0.1, 0.15) is 12.5 Å². The lowest BCUT2D eigenvalue weighted by Crippen LogP contribution is -2.57. The Morgan fingerprint density at radius 1 is 1.45 bits per heavy atom. The van der Waals surface area contributed by atoms with Crippen LogP contribution in [-0.2, 0) is 10.5 Å². The van der Waals surface area contributed by atoms with Crippen LogP contribution in [0.2, 0.25) is 0 Å². The molecule has 1 aromatic heterocycles. The van der Waals surface area contributed by atoms with E-state index in [1.165, 1.54) is 0 Å². The molecule has 5 nitrogen and oxygen atoms in total. The SMILES string of the molecule is CCN1c2cc[c]cc2NC1(C(N)=O)c1ccncc1. The van der Waals surface area contributed by atoms with Crippen LogP contribution in [-0.4, -0.2) is 17.4 Å². The summed E-state index contributed by atoms with van der Waals surface area (Å²) in [5, 5.41) is 3.26. The molecule has 0 saturated heterocycles. The lowest BCUT2D eigenvalue weighted by Gasteiger charge is -2.37. The molecular weight excluding hydrogens is 252 g/mol. The van der Waals surface area contributed by atoms with Crippen molar-refractivity contribution in [2.45, 2.75) is 12.6 Å². The number of hydrogen-bond acceptors (Lipinski definition) is 4. The highest BCUT2D eigenvalue weighted by Gasteiger charge is 2.49. The van der Waals surface area contributed by atoms with Crippen LogP contribution >= 0.6 is 0 Å². The maximum atomic E-state index is 12.2. The first-order chi connectivity index (χ1) is 9.70. The molecule has 20 heavy (non-hydrogen) atoms. The van der Waals surface area contributed by atoms with Gasteiger partial charge in [-0.25, -0.2) is 0 Å². The number of anilines is 2. The molecule has 2 aromatic rings. The van der Waals surface area contributed by atoms with Gasteiger partial charge in [-0.1, -0.05) is 6.07 Å². The highest BCUT2D eigenvalue weighted by atomic mass is 16.2. The lowest BCUT2D eigenvalue weighted by molar-refractivity contribution is -0.122. The number of aromatic nitrogens is 1. The molecule has 0 aliphatic carbocycles. The molecule has 1 atom stereocenters. The first-order valence-corrected chi connectivity index (χ1v) is 6.46. The zero-order valence-corrected chi connectivity index (χ0v) is 11.1. The third-order valence-corrected chi connectivity index (χ3v) is 3.62. The van der Waals surface area contributed by atoms with Gasteiger partial charge >= 0.3 is 0 Å². The molecule has 1 amide bonds. The van der Waals surface area contributed by atoms with Crippen LogP contribution in [0.3, 0.4) is 0 Å². The van der Waals surface area contributed by atoms with Crippen LogP contribution in [0, 0.1) is 6.07 Å². The van der Waals surface area contributed by atoms with E-state index < -0.39 is 11.6 Å². The van der Waals surface area contributed by atoms with Crippen LogP contribution in [0.5, 0.6) is 0 Å². The summed E-state index contributed by atoms with van der Waals surface area (Å²) in [4.78, 5) is 18.2. The molecule has 3 N–H and O–H groups in total. The fourth-order valence-corrected chi connectivity index (χ4v) is 2.77.